The van der Waals surface area contributed by atoms with Crippen LogP contribution in [0.2, 0.25) is 0 Å². The fourth-order valence-electron chi connectivity index (χ4n) is 3.78. The predicted molar refractivity (Wildman–Crippen MR) is 113 cm³/mol. The van der Waals surface area contributed by atoms with E-state index in [1.54, 1.807) is 48.7 Å². The van der Waals surface area contributed by atoms with Crippen LogP contribution in [0.3, 0.4) is 0 Å². The molecule has 1 aromatic carbocycles. The summed E-state index contributed by atoms with van der Waals surface area (Å²) in [6, 6.07) is 8.08. The van der Waals surface area contributed by atoms with Crippen LogP contribution in [0.1, 0.15) is 29.2 Å². The summed E-state index contributed by atoms with van der Waals surface area (Å²) in [5, 5.41) is 11.1. The Kier molecular flexibility index (Phi) is 6.52. The van der Waals surface area contributed by atoms with Crippen molar-refractivity contribution in [2.75, 3.05) is 34.3 Å². The fraction of sp³-hybridized carbons (Fsp3) is 0.348. The lowest BCUT2D eigenvalue weighted by molar-refractivity contribution is -0.858. The van der Waals surface area contributed by atoms with Crippen molar-refractivity contribution in [3.05, 3.63) is 65.0 Å². The molecule has 1 aromatic heterocycles. The number of Topliss-reactive ketones (excluding diaryl/α,β-unsaturated/α-hetero) is 1. The van der Waals surface area contributed by atoms with Crippen molar-refractivity contribution < 1.29 is 24.3 Å². The maximum atomic E-state index is 13.0. The number of ketones is 1. The summed E-state index contributed by atoms with van der Waals surface area (Å²) < 4.78 is 5.28. The molecular formula is C23H28N3O4+. The number of aromatic nitrogens is 1. The quantitative estimate of drug-likeness (QED) is 0.409. The van der Waals surface area contributed by atoms with Crippen molar-refractivity contribution in [1.82, 2.24) is 9.88 Å². The van der Waals surface area contributed by atoms with E-state index < -0.39 is 17.7 Å². The molecule has 0 spiro atoms. The van der Waals surface area contributed by atoms with Gasteiger partial charge in [0.15, 0.2) is 0 Å². The normalized spacial score (nSPS) is 18.3. The first kappa shape index (κ1) is 21.5. The number of nitrogens with zero attached hydrogens (tertiary/aromatic N) is 2. The SMILES string of the molecule is COc1ccc(C(O)=C2C(=O)C(=O)N(CCC[NH+](C)C)C2c2cccnc2)cc1C. The molecule has 1 atom stereocenters. The number of carbonyl (C=O) groups is 2. The van der Waals surface area contributed by atoms with Crippen LogP contribution < -0.4 is 9.64 Å². The zero-order chi connectivity index (χ0) is 21.8. The second-order valence-corrected chi connectivity index (χ2v) is 7.77. The number of methoxy groups -OCH3 is 1. The van der Waals surface area contributed by atoms with E-state index in [0.29, 0.717) is 23.4 Å². The Balaban J connectivity index is 2.08. The fourth-order valence-corrected chi connectivity index (χ4v) is 3.78. The number of aliphatic hydroxyl groups excluding tert-OH is 1. The van der Waals surface area contributed by atoms with E-state index in [2.05, 4.69) is 4.98 Å². The molecule has 1 amide bonds. The Morgan fingerprint density at radius 3 is 2.63 bits per heavy atom. The predicted octanol–water partition coefficient (Wildman–Crippen LogP) is 1.35. The van der Waals surface area contributed by atoms with Crippen LogP contribution in [0.15, 0.2) is 48.3 Å². The molecule has 1 aliphatic heterocycles. The number of amides is 1. The number of nitrogens with one attached hydrogen (secondary N) is 1. The Morgan fingerprint density at radius 1 is 1.27 bits per heavy atom. The first-order valence-electron chi connectivity index (χ1n) is 9.97. The highest BCUT2D eigenvalue weighted by Crippen LogP contribution is 2.39. The number of pyridine rings is 1. The number of ether oxygens (including phenoxy) is 1. The van der Waals surface area contributed by atoms with Crippen molar-refractivity contribution in [2.24, 2.45) is 0 Å². The lowest BCUT2D eigenvalue weighted by Gasteiger charge is -2.25. The van der Waals surface area contributed by atoms with Crippen LogP contribution >= 0.6 is 0 Å². The lowest BCUT2D eigenvalue weighted by atomic mass is 9.95. The third kappa shape index (κ3) is 4.21. The summed E-state index contributed by atoms with van der Waals surface area (Å²) in [5.74, 6) is -0.771. The topological polar surface area (TPSA) is 84.2 Å². The van der Waals surface area contributed by atoms with Gasteiger partial charge in [0.05, 0.1) is 39.4 Å². The van der Waals surface area contributed by atoms with Gasteiger partial charge in [-0.15, -0.1) is 0 Å². The standard InChI is InChI=1S/C23H27N3O4/c1-15-13-16(8-9-18(15)30-4)21(27)19-20(17-7-5-10-24-14-17)26(23(29)22(19)28)12-6-11-25(2)3/h5,7-10,13-14,20,27H,6,11-12H2,1-4H3/p+1. The first-order chi connectivity index (χ1) is 14.3. The molecule has 2 aromatic rings. The summed E-state index contributed by atoms with van der Waals surface area (Å²) in [4.78, 5) is 32.8. The van der Waals surface area contributed by atoms with E-state index in [-0.39, 0.29) is 11.3 Å². The summed E-state index contributed by atoms with van der Waals surface area (Å²) in [6.07, 6.45) is 4.01. The van der Waals surface area contributed by atoms with Gasteiger partial charge < -0.3 is 19.6 Å². The van der Waals surface area contributed by atoms with E-state index in [4.69, 9.17) is 4.74 Å². The van der Waals surface area contributed by atoms with Crippen LogP contribution in [0.5, 0.6) is 5.75 Å². The molecule has 0 saturated carbocycles. The van der Waals surface area contributed by atoms with E-state index >= 15 is 0 Å². The summed E-state index contributed by atoms with van der Waals surface area (Å²) >= 11 is 0. The number of likely N-dealkylation sites (tertiary alicyclic amines) is 1. The second-order valence-electron chi connectivity index (χ2n) is 7.77. The molecule has 0 radical (unpaired) electrons. The average molecular weight is 410 g/mol. The molecule has 1 saturated heterocycles. The van der Waals surface area contributed by atoms with E-state index in [0.717, 1.165) is 18.5 Å². The van der Waals surface area contributed by atoms with E-state index in [1.165, 1.54) is 4.90 Å². The molecule has 2 heterocycles. The van der Waals surface area contributed by atoms with Gasteiger partial charge in [0.2, 0.25) is 0 Å². The Labute approximate surface area is 176 Å². The molecule has 2 N–H and O–H groups in total. The highest BCUT2D eigenvalue weighted by molar-refractivity contribution is 6.46. The molecule has 7 heteroatoms. The molecule has 0 aliphatic carbocycles. The maximum absolute atomic E-state index is 13.0. The third-order valence-electron chi connectivity index (χ3n) is 5.28. The molecule has 30 heavy (non-hydrogen) atoms. The third-order valence-corrected chi connectivity index (χ3v) is 5.28. The van der Waals surface area contributed by atoms with E-state index in [1.807, 2.05) is 27.1 Å². The van der Waals surface area contributed by atoms with E-state index in [9.17, 15) is 14.7 Å². The molecule has 3 rings (SSSR count). The Hall–Kier alpha value is -3.19. The van der Waals surface area contributed by atoms with Crippen molar-refractivity contribution in [3.8, 4) is 5.75 Å². The van der Waals surface area contributed by atoms with Gasteiger partial charge >= 0.3 is 0 Å². The highest BCUT2D eigenvalue weighted by atomic mass is 16.5. The number of hydrogen-bond acceptors (Lipinski definition) is 5. The maximum Gasteiger partial charge on any atom is 0.295 e. The van der Waals surface area contributed by atoms with Gasteiger partial charge in [-0.2, -0.15) is 0 Å². The minimum atomic E-state index is -0.674. The number of quaternary nitrogens is 1. The number of benzene rings is 1. The number of rotatable bonds is 7. The lowest BCUT2D eigenvalue weighted by Crippen LogP contribution is -3.05. The van der Waals surface area contributed by atoms with Gasteiger partial charge in [0, 0.05) is 30.9 Å². The van der Waals surface area contributed by atoms with Gasteiger partial charge in [0.25, 0.3) is 11.7 Å². The second kappa shape index (κ2) is 9.09. The van der Waals surface area contributed by atoms with Gasteiger partial charge in [0.1, 0.15) is 11.5 Å². The molecule has 0 bridgehead atoms. The summed E-state index contributed by atoms with van der Waals surface area (Å²) in [5.41, 5.74) is 2.08. The Morgan fingerprint density at radius 2 is 2.03 bits per heavy atom. The first-order valence-corrected chi connectivity index (χ1v) is 9.97. The molecule has 158 valence electrons. The summed E-state index contributed by atoms with van der Waals surface area (Å²) in [6.45, 7) is 3.14. The van der Waals surface area contributed by atoms with Gasteiger partial charge in [-0.3, -0.25) is 14.6 Å². The molecule has 7 nitrogen and oxygen atoms in total. The highest BCUT2D eigenvalue weighted by Gasteiger charge is 2.46. The monoisotopic (exact) mass is 410 g/mol. The minimum Gasteiger partial charge on any atom is -0.507 e. The average Bonchev–Trinajstić information content (AvgIpc) is 2.98. The van der Waals surface area contributed by atoms with Crippen LogP contribution in [-0.4, -0.2) is 61.0 Å². The van der Waals surface area contributed by atoms with Crippen molar-refractivity contribution in [3.63, 3.8) is 0 Å². The van der Waals surface area contributed by atoms with Crippen LogP contribution in [-0.2, 0) is 9.59 Å². The zero-order valence-electron chi connectivity index (χ0n) is 17.8. The van der Waals surface area contributed by atoms with Crippen molar-refractivity contribution in [2.45, 2.75) is 19.4 Å². The summed E-state index contributed by atoms with van der Waals surface area (Å²) in [7, 11) is 5.66. The number of aryl methyl sites for hydroxylation is 1. The number of carbonyl (C=O) groups excluding carboxylic acids is 2. The van der Waals surface area contributed by atoms with Gasteiger partial charge in [-0.25, -0.2) is 0 Å². The van der Waals surface area contributed by atoms with Crippen LogP contribution in [0, 0.1) is 6.92 Å². The van der Waals surface area contributed by atoms with Crippen molar-refractivity contribution >= 4 is 17.4 Å². The van der Waals surface area contributed by atoms with Crippen LogP contribution in [0.25, 0.3) is 5.76 Å². The van der Waals surface area contributed by atoms with Gasteiger partial charge in [-0.05, 0) is 42.3 Å². The smallest absolute Gasteiger partial charge is 0.295 e. The van der Waals surface area contributed by atoms with Gasteiger partial charge in [-0.1, -0.05) is 6.07 Å². The van der Waals surface area contributed by atoms with Crippen LogP contribution in [0.4, 0.5) is 0 Å². The number of aliphatic hydroxyl groups is 1. The number of hydrogen-bond donors (Lipinski definition) is 2. The molecule has 1 fully saturated rings. The largest absolute Gasteiger partial charge is 0.507 e. The molecular weight excluding hydrogens is 382 g/mol. The zero-order valence-corrected chi connectivity index (χ0v) is 17.8. The molecule has 1 unspecified atom stereocenters. The molecule has 1 aliphatic rings. The minimum absolute atomic E-state index is 0.0924. The van der Waals surface area contributed by atoms with Crippen molar-refractivity contribution in [1.29, 1.82) is 0 Å². The Bertz CT molecular complexity index is 970.